The van der Waals surface area contributed by atoms with E-state index in [1.165, 1.54) is 30.6 Å². The first-order valence-electron chi connectivity index (χ1n) is 11.1. The van der Waals surface area contributed by atoms with E-state index in [9.17, 15) is 9.59 Å². The fourth-order valence-electron chi connectivity index (χ4n) is 5.84. The summed E-state index contributed by atoms with van der Waals surface area (Å²) in [5.41, 5.74) is 0. The summed E-state index contributed by atoms with van der Waals surface area (Å²) in [6.45, 7) is 4.52. The van der Waals surface area contributed by atoms with Crippen molar-refractivity contribution >= 4 is 41.8 Å². The molecular formula is C22H35IN4O2. The molecule has 1 heterocycles. The monoisotopic (exact) mass is 514 g/mol. The third kappa shape index (κ3) is 4.64. The molecule has 7 heteroatoms. The van der Waals surface area contributed by atoms with Gasteiger partial charge in [-0.25, -0.2) is 0 Å². The quantitative estimate of drug-likeness (QED) is 0.143. The first-order valence-corrected chi connectivity index (χ1v) is 11.1. The van der Waals surface area contributed by atoms with Gasteiger partial charge in [-0.3, -0.25) is 19.5 Å². The topological polar surface area (TPSA) is 73.8 Å². The van der Waals surface area contributed by atoms with Gasteiger partial charge in [-0.2, -0.15) is 0 Å². The number of guanidine groups is 1. The van der Waals surface area contributed by atoms with E-state index in [1.807, 2.05) is 0 Å². The zero-order chi connectivity index (χ0) is 19.7. The van der Waals surface area contributed by atoms with Gasteiger partial charge >= 0.3 is 0 Å². The first kappa shape index (κ1) is 22.6. The molecule has 3 fully saturated rings. The van der Waals surface area contributed by atoms with Crippen molar-refractivity contribution in [2.24, 2.45) is 40.5 Å². The molecule has 162 valence electrons. The van der Waals surface area contributed by atoms with Crippen molar-refractivity contribution in [3.05, 3.63) is 12.2 Å². The molecule has 2 bridgehead atoms. The number of likely N-dealkylation sites (tertiary alicyclic amines) is 1. The normalized spacial score (nSPS) is 35.7. The smallest absolute Gasteiger partial charge is 0.233 e. The second-order valence-corrected chi connectivity index (χ2v) is 9.20. The highest BCUT2D eigenvalue weighted by atomic mass is 127. The van der Waals surface area contributed by atoms with Crippen LogP contribution in [0.15, 0.2) is 17.1 Å². The molecule has 0 aromatic carbocycles. The highest BCUT2D eigenvalue weighted by Gasteiger charge is 2.58. The maximum Gasteiger partial charge on any atom is 0.233 e. The number of hydrogen-bond acceptors (Lipinski definition) is 3. The first-order chi connectivity index (χ1) is 13.6. The zero-order valence-electron chi connectivity index (χ0n) is 17.6. The number of fused-ring (bicyclic) bond motifs is 5. The van der Waals surface area contributed by atoms with Crippen LogP contribution in [0.1, 0.15) is 45.4 Å². The number of allylic oxidation sites excluding steroid dienone is 2. The molecule has 29 heavy (non-hydrogen) atoms. The minimum Gasteiger partial charge on any atom is -0.356 e. The SMILES string of the molecule is CN=C(NCCCN1C(=O)C2C3C=CC(C3)C2C1=O)NCC1CCCC(C)C1.I. The Morgan fingerprint density at radius 2 is 1.79 bits per heavy atom. The number of nitrogens with one attached hydrogen (secondary N) is 2. The zero-order valence-corrected chi connectivity index (χ0v) is 19.9. The Bertz CT molecular complexity index is 650. The maximum atomic E-state index is 12.7. The van der Waals surface area contributed by atoms with E-state index >= 15 is 0 Å². The number of aliphatic imine (C=N–C) groups is 1. The predicted molar refractivity (Wildman–Crippen MR) is 125 cm³/mol. The molecule has 2 N–H and O–H groups in total. The summed E-state index contributed by atoms with van der Waals surface area (Å²) in [5, 5.41) is 6.77. The van der Waals surface area contributed by atoms with Crippen LogP contribution in [0.3, 0.4) is 0 Å². The van der Waals surface area contributed by atoms with Crippen LogP contribution in [-0.2, 0) is 9.59 Å². The molecule has 0 aromatic heterocycles. The lowest BCUT2D eigenvalue weighted by Crippen LogP contribution is -2.42. The van der Waals surface area contributed by atoms with E-state index in [1.54, 1.807) is 7.05 Å². The van der Waals surface area contributed by atoms with Crippen molar-refractivity contribution in [2.45, 2.75) is 45.4 Å². The van der Waals surface area contributed by atoms with Crippen LogP contribution in [0, 0.1) is 35.5 Å². The Kier molecular flexibility index (Phi) is 7.62. The molecule has 0 spiro atoms. The highest BCUT2D eigenvalue weighted by Crippen LogP contribution is 2.52. The Labute approximate surface area is 191 Å². The van der Waals surface area contributed by atoms with Crippen LogP contribution in [0.4, 0.5) is 0 Å². The van der Waals surface area contributed by atoms with E-state index in [0.29, 0.717) is 24.9 Å². The van der Waals surface area contributed by atoms with E-state index in [4.69, 9.17) is 0 Å². The lowest BCUT2D eigenvalue weighted by Gasteiger charge is -2.27. The van der Waals surface area contributed by atoms with Gasteiger partial charge in [-0.1, -0.05) is 31.9 Å². The maximum absolute atomic E-state index is 12.7. The standard InChI is InChI=1S/C22H34N4O2.HI/c1-14-5-3-6-15(11-14)13-25-22(23-2)24-9-4-10-26-20(27)18-16-7-8-17(12-16)19(18)21(26)28;/h7-8,14-19H,3-6,9-13H2,1-2H3,(H2,23,24,25);1H. The summed E-state index contributed by atoms with van der Waals surface area (Å²) >= 11 is 0. The van der Waals surface area contributed by atoms with Crippen molar-refractivity contribution in [1.82, 2.24) is 15.5 Å². The third-order valence-electron chi connectivity index (χ3n) is 7.24. The molecule has 0 aromatic rings. The lowest BCUT2D eigenvalue weighted by atomic mass is 9.82. The average Bonchev–Trinajstić information content (AvgIpc) is 3.36. The summed E-state index contributed by atoms with van der Waals surface area (Å²) in [6.07, 6.45) is 11.3. The number of carbonyl (C=O) groups excluding carboxylic acids is 2. The predicted octanol–water partition coefficient (Wildman–Crippen LogP) is 2.79. The molecule has 6 unspecified atom stereocenters. The van der Waals surface area contributed by atoms with Gasteiger partial charge < -0.3 is 10.6 Å². The molecule has 1 saturated heterocycles. The largest absolute Gasteiger partial charge is 0.356 e. The van der Waals surface area contributed by atoms with Gasteiger partial charge in [-0.15, -0.1) is 24.0 Å². The van der Waals surface area contributed by atoms with E-state index in [0.717, 1.165) is 37.2 Å². The fourth-order valence-corrected chi connectivity index (χ4v) is 5.84. The van der Waals surface area contributed by atoms with Gasteiger partial charge in [-0.05, 0) is 49.4 Å². The molecule has 2 saturated carbocycles. The molecule has 0 radical (unpaired) electrons. The van der Waals surface area contributed by atoms with Crippen LogP contribution < -0.4 is 10.6 Å². The summed E-state index contributed by atoms with van der Waals surface area (Å²) in [5.74, 6) is 2.91. The lowest BCUT2D eigenvalue weighted by molar-refractivity contribution is -0.140. The van der Waals surface area contributed by atoms with Gasteiger partial charge in [0.2, 0.25) is 11.8 Å². The van der Waals surface area contributed by atoms with Gasteiger partial charge in [0.25, 0.3) is 0 Å². The van der Waals surface area contributed by atoms with Crippen LogP contribution >= 0.6 is 24.0 Å². The van der Waals surface area contributed by atoms with Crippen LogP contribution in [0.5, 0.6) is 0 Å². The number of carbonyl (C=O) groups is 2. The molecule has 6 nitrogen and oxygen atoms in total. The number of imide groups is 1. The Balaban J connectivity index is 0.00000240. The van der Waals surface area contributed by atoms with Crippen LogP contribution in [0.2, 0.25) is 0 Å². The van der Waals surface area contributed by atoms with Crippen molar-refractivity contribution < 1.29 is 9.59 Å². The van der Waals surface area contributed by atoms with Crippen molar-refractivity contribution in [3.8, 4) is 0 Å². The molecule has 2 amide bonds. The van der Waals surface area contributed by atoms with E-state index in [-0.39, 0.29) is 47.6 Å². The summed E-state index contributed by atoms with van der Waals surface area (Å²) in [6, 6.07) is 0. The molecular weight excluding hydrogens is 479 g/mol. The molecule has 6 atom stereocenters. The van der Waals surface area contributed by atoms with Crippen LogP contribution in [0.25, 0.3) is 0 Å². The Morgan fingerprint density at radius 1 is 1.10 bits per heavy atom. The van der Waals surface area contributed by atoms with E-state index in [2.05, 4.69) is 34.7 Å². The second-order valence-electron chi connectivity index (χ2n) is 9.20. The summed E-state index contributed by atoms with van der Waals surface area (Å²) in [4.78, 5) is 31.2. The number of amides is 2. The van der Waals surface area contributed by atoms with E-state index < -0.39 is 0 Å². The van der Waals surface area contributed by atoms with Crippen molar-refractivity contribution in [3.63, 3.8) is 0 Å². The van der Waals surface area contributed by atoms with Crippen LogP contribution in [-0.4, -0.2) is 49.4 Å². The van der Waals surface area contributed by atoms with Gasteiger partial charge in [0, 0.05) is 26.7 Å². The molecule has 3 aliphatic carbocycles. The third-order valence-corrected chi connectivity index (χ3v) is 7.24. The van der Waals surface area contributed by atoms with Crippen molar-refractivity contribution in [2.75, 3.05) is 26.7 Å². The summed E-state index contributed by atoms with van der Waals surface area (Å²) < 4.78 is 0. The number of hydrogen-bond donors (Lipinski definition) is 2. The van der Waals surface area contributed by atoms with Gasteiger partial charge in [0.1, 0.15) is 0 Å². The Hall–Kier alpha value is -1.12. The minimum atomic E-state index is -0.0808. The number of halogens is 1. The van der Waals surface area contributed by atoms with Crippen molar-refractivity contribution in [1.29, 1.82) is 0 Å². The molecule has 4 aliphatic rings. The summed E-state index contributed by atoms with van der Waals surface area (Å²) in [7, 11) is 1.79. The molecule has 4 rings (SSSR count). The average molecular weight is 514 g/mol. The van der Waals surface area contributed by atoms with Gasteiger partial charge in [0.05, 0.1) is 11.8 Å². The minimum absolute atomic E-state index is 0. The Morgan fingerprint density at radius 3 is 2.41 bits per heavy atom. The highest BCUT2D eigenvalue weighted by molar-refractivity contribution is 14.0. The fraction of sp³-hybridized carbons (Fsp3) is 0.773. The second kappa shape index (κ2) is 9.79. The molecule has 1 aliphatic heterocycles. The number of rotatable bonds is 6. The number of nitrogens with zero attached hydrogens (tertiary/aromatic N) is 2. The van der Waals surface area contributed by atoms with Gasteiger partial charge in [0.15, 0.2) is 5.96 Å².